The lowest BCUT2D eigenvalue weighted by atomic mass is 9.86. The molecule has 0 saturated heterocycles. The molecule has 5 nitrogen and oxygen atoms in total. The SMILES string of the molecule is CSC(C)C(=O)O/C(=C(/C#N)c1ccc(C(C)(C)C)cc1)c1c(C)c(C)nn1C. The Morgan fingerprint density at radius 1 is 1.24 bits per heavy atom. The first-order chi connectivity index (χ1) is 13.5. The first kappa shape index (κ1) is 22.8. The van der Waals surface area contributed by atoms with Crippen LogP contribution in [0.15, 0.2) is 24.3 Å². The number of thioether (sulfide) groups is 1. The van der Waals surface area contributed by atoms with Gasteiger partial charge in [0.15, 0.2) is 5.76 Å². The minimum Gasteiger partial charge on any atom is -0.422 e. The van der Waals surface area contributed by atoms with Crippen LogP contribution >= 0.6 is 11.8 Å². The Hall–Kier alpha value is -2.52. The van der Waals surface area contributed by atoms with Crippen molar-refractivity contribution in [1.82, 2.24) is 9.78 Å². The van der Waals surface area contributed by atoms with E-state index in [9.17, 15) is 10.1 Å². The molecule has 0 radical (unpaired) electrons. The summed E-state index contributed by atoms with van der Waals surface area (Å²) in [4.78, 5) is 12.6. The summed E-state index contributed by atoms with van der Waals surface area (Å²) in [6.07, 6.45) is 1.85. The molecule has 1 unspecified atom stereocenters. The fraction of sp³-hybridized carbons (Fsp3) is 0.435. The Morgan fingerprint density at radius 3 is 2.24 bits per heavy atom. The van der Waals surface area contributed by atoms with Gasteiger partial charge in [0, 0.05) is 12.6 Å². The highest BCUT2D eigenvalue weighted by Gasteiger charge is 2.25. The van der Waals surface area contributed by atoms with Gasteiger partial charge in [-0.05, 0) is 43.6 Å². The zero-order chi connectivity index (χ0) is 21.9. The van der Waals surface area contributed by atoms with Crippen molar-refractivity contribution in [2.75, 3.05) is 6.26 Å². The highest BCUT2D eigenvalue weighted by atomic mass is 32.2. The van der Waals surface area contributed by atoms with E-state index in [2.05, 4.69) is 31.9 Å². The molecule has 0 aliphatic heterocycles. The van der Waals surface area contributed by atoms with Crippen LogP contribution in [0, 0.1) is 25.2 Å². The van der Waals surface area contributed by atoms with Gasteiger partial charge < -0.3 is 4.74 Å². The molecule has 0 amide bonds. The van der Waals surface area contributed by atoms with Gasteiger partial charge in [0.05, 0.1) is 10.9 Å². The molecule has 0 spiro atoms. The monoisotopic (exact) mass is 411 g/mol. The average molecular weight is 412 g/mol. The van der Waals surface area contributed by atoms with E-state index in [0.717, 1.165) is 11.3 Å². The number of carbonyl (C=O) groups excluding carboxylic acids is 1. The van der Waals surface area contributed by atoms with Crippen molar-refractivity contribution in [1.29, 1.82) is 5.26 Å². The summed E-state index contributed by atoms with van der Waals surface area (Å²) in [5.74, 6) is -0.132. The van der Waals surface area contributed by atoms with E-state index in [1.165, 1.54) is 17.3 Å². The third-order valence-corrected chi connectivity index (χ3v) is 5.90. The van der Waals surface area contributed by atoms with Crippen LogP contribution in [-0.2, 0) is 22.0 Å². The van der Waals surface area contributed by atoms with Crippen molar-refractivity contribution >= 4 is 29.1 Å². The molecule has 0 bridgehead atoms. The molecule has 0 N–H and O–H groups in total. The van der Waals surface area contributed by atoms with Crippen molar-refractivity contribution in [2.45, 2.75) is 52.2 Å². The maximum Gasteiger partial charge on any atom is 0.324 e. The van der Waals surface area contributed by atoms with E-state index in [1.807, 2.05) is 44.4 Å². The molecule has 1 atom stereocenters. The van der Waals surface area contributed by atoms with Crippen molar-refractivity contribution < 1.29 is 9.53 Å². The number of ether oxygens (including phenoxy) is 1. The zero-order valence-electron chi connectivity index (χ0n) is 18.5. The van der Waals surface area contributed by atoms with E-state index in [-0.39, 0.29) is 22.4 Å². The predicted octanol–water partition coefficient (Wildman–Crippen LogP) is 5.02. The van der Waals surface area contributed by atoms with Crippen LogP contribution in [0.2, 0.25) is 0 Å². The number of esters is 1. The fourth-order valence-corrected chi connectivity index (χ4v) is 3.20. The van der Waals surface area contributed by atoms with Gasteiger partial charge >= 0.3 is 5.97 Å². The molecule has 1 aromatic carbocycles. The van der Waals surface area contributed by atoms with Gasteiger partial charge in [-0.25, -0.2) is 0 Å². The number of hydrogen-bond acceptors (Lipinski definition) is 5. The molecule has 0 saturated carbocycles. The molecule has 0 aliphatic carbocycles. The normalized spacial score (nSPS) is 13.5. The number of aromatic nitrogens is 2. The molecular weight excluding hydrogens is 382 g/mol. The van der Waals surface area contributed by atoms with Crippen molar-refractivity contribution in [3.8, 4) is 6.07 Å². The molecule has 1 aromatic heterocycles. The second-order valence-corrected chi connectivity index (χ2v) is 9.30. The number of allylic oxidation sites excluding steroid dienone is 1. The highest BCUT2D eigenvalue weighted by Crippen LogP contribution is 2.32. The Bertz CT molecular complexity index is 973. The third-order valence-electron chi connectivity index (χ3n) is 5.00. The summed E-state index contributed by atoms with van der Waals surface area (Å²) in [7, 11) is 1.79. The van der Waals surface area contributed by atoms with Crippen LogP contribution in [0.3, 0.4) is 0 Å². The van der Waals surface area contributed by atoms with Gasteiger partial charge in [-0.15, -0.1) is 0 Å². The summed E-state index contributed by atoms with van der Waals surface area (Å²) in [6, 6.07) is 10.1. The molecule has 6 heteroatoms. The van der Waals surface area contributed by atoms with Crippen LogP contribution in [0.25, 0.3) is 11.3 Å². The Morgan fingerprint density at radius 2 is 1.83 bits per heavy atom. The number of nitriles is 1. The third kappa shape index (κ3) is 4.91. The number of rotatable bonds is 5. The number of carbonyl (C=O) groups is 1. The highest BCUT2D eigenvalue weighted by molar-refractivity contribution is 7.99. The minimum absolute atomic E-state index is 0.00780. The van der Waals surface area contributed by atoms with Gasteiger partial charge in [-0.3, -0.25) is 9.48 Å². The van der Waals surface area contributed by atoms with Crippen LogP contribution < -0.4 is 0 Å². The summed E-state index contributed by atoms with van der Waals surface area (Å²) >= 11 is 1.40. The maximum absolute atomic E-state index is 12.6. The molecule has 0 aliphatic rings. The van der Waals surface area contributed by atoms with Gasteiger partial charge in [-0.1, -0.05) is 45.0 Å². The van der Waals surface area contributed by atoms with Gasteiger partial charge in [0.1, 0.15) is 17.3 Å². The quantitative estimate of drug-likeness (QED) is 0.392. The van der Waals surface area contributed by atoms with Crippen LogP contribution in [0.4, 0.5) is 0 Å². The molecule has 154 valence electrons. The van der Waals surface area contributed by atoms with E-state index >= 15 is 0 Å². The lowest BCUT2D eigenvalue weighted by molar-refractivity contribution is -0.135. The zero-order valence-corrected chi connectivity index (χ0v) is 19.3. The minimum atomic E-state index is -0.384. The van der Waals surface area contributed by atoms with Crippen molar-refractivity contribution in [3.05, 3.63) is 52.3 Å². The number of benzene rings is 1. The topological polar surface area (TPSA) is 67.9 Å². The Kier molecular flexibility index (Phi) is 6.97. The summed E-state index contributed by atoms with van der Waals surface area (Å²) in [5, 5.41) is 14.1. The lowest BCUT2D eigenvalue weighted by Crippen LogP contribution is -2.18. The van der Waals surface area contributed by atoms with Crippen molar-refractivity contribution in [3.63, 3.8) is 0 Å². The van der Waals surface area contributed by atoms with E-state index in [0.29, 0.717) is 16.8 Å². The number of hydrogen-bond donors (Lipinski definition) is 0. The smallest absolute Gasteiger partial charge is 0.324 e. The summed E-state index contributed by atoms with van der Waals surface area (Å²) in [6.45, 7) is 12.0. The first-order valence-electron chi connectivity index (χ1n) is 9.51. The van der Waals surface area contributed by atoms with E-state index < -0.39 is 0 Å². The average Bonchev–Trinajstić information content (AvgIpc) is 2.92. The number of nitrogens with zero attached hydrogens (tertiary/aromatic N) is 3. The summed E-state index contributed by atoms with van der Waals surface area (Å²) in [5.41, 5.74) is 4.55. The van der Waals surface area contributed by atoms with Crippen molar-refractivity contribution in [2.24, 2.45) is 7.05 Å². The second kappa shape index (κ2) is 8.87. The Balaban J connectivity index is 2.70. The van der Waals surface area contributed by atoms with E-state index in [1.54, 1.807) is 18.7 Å². The molecular formula is C23H29N3O2S. The molecule has 2 aromatic rings. The van der Waals surface area contributed by atoms with Crippen LogP contribution in [0.1, 0.15) is 55.8 Å². The molecule has 0 fully saturated rings. The standard InChI is InChI=1S/C23H29N3O2S/c1-14-15(2)25-26(7)20(14)21(28-22(27)16(3)29-8)19(13-24)17-9-11-18(12-10-17)23(4,5)6/h9-12,16H,1-8H3/b21-19-. The summed E-state index contributed by atoms with van der Waals surface area (Å²) < 4.78 is 7.47. The second-order valence-electron chi connectivity index (χ2n) is 8.12. The van der Waals surface area contributed by atoms with Gasteiger partial charge in [-0.2, -0.15) is 22.1 Å². The molecule has 2 rings (SSSR count). The largest absolute Gasteiger partial charge is 0.422 e. The number of aryl methyl sites for hydroxylation is 2. The lowest BCUT2D eigenvalue weighted by Gasteiger charge is -2.19. The van der Waals surface area contributed by atoms with E-state index in [4.69, 9.17) is 4.74 Å². The van der Waals surface area contributed by atoms with Gasteiger partial charge in [0.25, 0.3) is 0 Å². The predicted molar refractivity (Wildman–Crippen MR) is 119 cm³/mol. The fourth-order valence-electron chi connectivity index (χ4n) is 2.96. The van der Waals surface area contributed by atoms with Crippen LogP contribution in [0.5, 0.6) is 0 Å². The van der Waals surface area contributed by atoms with Gasteiger partial charge in [0.2, 0.25) is 0 Å². The van der Waals surface area contributed by atoms with Crippen LogP contribution in [-0.4, -0.2) is 27.3 Å². The molecule has 29 heavy (non-hydrogen) atoms. The maximum atomic E-state index is 12.6. The first-order valence-corrected chi connectivity index (χ1v) is 10.8. The molecule has 1 heterocycles. The Labute approximate surface area is 177 Å².